The normalized spacial score (nSPS) is 18.1. The van der Waals surface area contributed by atoms with Gasteiger partial charge >= 0.3 is 0 Å². The number of hydrogen-bond acceptors (Lipinski definition) is 8. The van der Waals surface area contributed by atoms with E-state index in [1.165, 1.54) is 6.33 Å². The number of carbonyl (C=O) groups is 1. The number of fused-ring (bicyclic) bond motifs is 1. The Balaban J connectivity index is 1.39. The first-order chi connectivity index (χ1) is 15.4. The lowest BCUT2D eigenvalue weighted by Gasteiger charge is -2.31. The predicted molar refractivity (Wildman–Crippen MR) is 127 cm³/mol. The number of aromatic nitrogens is 4. The van der Waals surface area contributed by atoms with Gasteiger partial charge in [-0.05, 0) is 45.6 Å². The second kappa shape index (κ2) is 8.13. The number of methoxy groups -OCH3 is 1. The Hall–Kier alpha value is -2.50. The number of amides is 1. The number of rotatable bonds is 5. The van der Waals surface area contributed by atoms with E-state index in [0.29, 0.717) is 41.4 Å². The second-order valence-corrected chi connectivity index (χ2v) is 9.72. The minimum atomic E-state index is -0.0256. The van der Waals surface area contributed by atoms with Gasteiger partial charge in [0, 0.05) is 30.6 Å². The van der Waals surface area contributed by atoms with Gasteiger partial charge in [0.1, 0.15) is 12.1 Å². The molecule has 1 aliphatic heterocycles. The first kappa shape index (κ1) is 21.4. The van der Waals surface area contributed by atoms with Gasteiger partial charge in [0.2, 0.25) is 11.6 Å². The lowest BCUT2D eigenvalue weighted by molar-refractivity contribution is 0.0712. The first-order valence-corrected chi connectivity index (χ1v) is 11.7. The molecule has 2 fully saturated rings. The van der Waals surface area contributed by atoms with E-state index in [4.69, 9.17) is 9.15 Å². The zero-order valence-electron chi connectivity index (χ0n) is 18.3. The van der Waals surface area contributed by atoms with Crippen molar-refractivity contribution in [2.45, 2.75) is 51.0 Å². The van der Waals surface area contributed by atoms with Gasteiger partial charge in [-0.1, -0.05) is 0 Å². The summed E-state index contributed by atoms with van der Waals surface area (Å²) in [4.78, 5) is 24.3. The van der Waals surface area contributed by atoms with Crippen LogP contribution in [0.4, 0.5) is 5.82 Å². The molecule has 0 aromatic carbocycles. The number of aryl methyl sites for hydroxylation is 1. The molecule has 1 aliphatic carbocycles. The molecule has 32 heavy (non-hydrogen) atoms. The number of piperidine rings is 1. The van der Waals surface area contributed by atoms with Crippen molar-refractivity contribution in [3.8, 4) is 5.88 Å². The van der Waals surface area contributed by atoms with E-state index in [-0.39, 0.29) is 17.4 Å². The van der Waals surface area contributed by atoms with Gasteiger partial charge in [-0.2, -0.15) is 5.10 Å². The highest BCUT2D eigenvalue weighted by atomic mass is 127. The van der Waals surface area contributed by atoms with Gasteiger partial charge < -0.3 is 14.1 Å². The molecule has 4 heterocycles. The number of ether oxygens (including phenoxy) is 1. The Morgan fingerprint density at radius 1 is 1.25 bits per heavy atom. The fourth-order valence-corrected chi connectivity index (χ4v) is 5.11. The molecule has 168 valence electrons. The molecule has 0 atom stereocenters. The predicted octanol–water partition coefficient (Wildman–Crippen LogP) is 4.06. The van der Waals surface area contributed by atoms with Crippen molar-refractivity contribution < 1.29 is 13.9 Å². The Bertz CT molecular complexity index is 1150. The number of halogens is 1. The fraction of sp³-hybridized carbons (Fsp3) is 0.500. The summed E-state index contributed by atoms with van der Waals surface area (Å²) in [5.41, 5.74) is 2.04. The van der Waals surface area contributed by atoms with Gasteiger partial charge in [-0.3, -0.25) is 7.91 Å². The van der Waals surface area contributed by atoms with Gasteiger partial charge in [0.25, 0.3) is 5.91 Å². The van der Waals surface area contributed by atoms with Crippen molar-refractivity contribution in [2.24, 2.45) is 0 Å². The highest BCUT2D eigenvalue weighted by Gasteiger charge is 2.44. The van der Waals surface area contributed by atoms with Crippen LogP contribution < -0.4 is 7.85 Å². The minimum Gasteiger partial charge on any atom is -0.480 e. The van der Waals surface area contributed by atoms with Gasteiger partial charge in [-0.15, -0.1) is 5.10 Å². The average Bonchev–Trinajstić information content (AvgIpc) is 3.48. The molecule has 1 saturated heterocycles. The van der Waals surface area contributed by atoms with E-state index in [0.717, 1.165) is 37.2 Å². The molecule has 0 radical (unpaired) electrons. The highest BCUT2D eigenvalue weighted by molar-refractivity contribution is 14.1. The largest absolute Gasteiger partial charge is 0.480 e. The Morgan fingerprint density at radius 2 is 2.00 bits per heavy atom. The Morgan fingerprint density at radius 3 is 2.62 bits per heavy atom. The highest BCUT2D eigenvalue weighted by Crippen LogP contribution is 2.47. The third kappa shape index (κ3) is 3.67. The summed E-state index contributed by atoms with van der Waals surface area (Å²) in [7, 11) is 1.58. The van der Waals surface area contributed by atoms with Crippen LogP contribution in [0.3, 0.4) is 0 Å². The second-order valence-electron chi connectivity index (χ2n) is 8.76. The SMILES string of the molecule is COc1ccc(C2CCN(C(=O)c3c(C)oc4ncnc(N(I)C5(C)CC5)c34)CC2)nn1. The third-order valence-electron chi connectivity index (χ3n) is 6.56. The molecule has 0 N–H and O–H groups in total. The summed E-state index contributed by atoms with van der Waals surface area (Å²) in [6.07, 6.45) is 5.38. The molecule has 2 aliphatic rings. The van der Waals surface area contributed by atoms with Crippen LogP contribution >= 0.6 is 22.9 Å². The minimum absolute atomic E-state index is 0.0256. The molecule has 1 saturated carbocycles. The molecule has 3 aromatic heterocycles. The van der Waals surface area contributed by atoms with Crippen molar-refractivity contribution in [1.82, 2.24) is 25.1 Å². The van der Waals surface area contributed by atoms with Crippen LogP contribution in [0.1, 0.15) is 60.3 Å². The molecule has 0 spiro atoms. The maximum absolute atomic E-state index is 13.6. The monoisotopic (exact) mass is 548 g/mol. The van der Waals surface area contributed by atoms with Crippen LogP contribution in [-0.4, -0.2) is 56.7 Å². The van der Waals surface area contributed by atoms with E-state index in [1.54, 1.807) is 7.11 Å². The van der Waals surface area contributed by atoms with E-state index < -0.39 is 0 Å². The number of hydrogen-bond donors (Lipinski definition) is 0. The van der Waals surface area contributed by atoms with Crippen LogP contribution in [-0.2, 0) is 0 Å². The van der Waals surface area contributed by atoms with Crippen LogP contribution in [0.25, 0.3) is 11.1 Å². The zero-order chi connectivity index (χ0) is 22.5. The van der Waals surface area contributed by atoms with Gasteiger partial charge in [0.15, 0.2) is 5.82 Å². The maximum Gasteiger partial charge on any atom is 0.258 e. The van der Waals surface area contributed by atoms with E-state index >= 15 is 0 Å². The summed E-state index contributed by atoms with van der Waals surface area (Å²) < 4.78 is 13.1. The van der Waals surface area contributed by atoms with Crippen LogP contribution in [0.15, 0.2) is 22.9 Å². The van der Waals surface area contributed by atoms with Gasteiger partial charge in [0.05, 0.1) is 46.6 Å². The van der Waals surface area contributed by atoms with E-state index in [2.05, 4.69) is 53.1 Å². The topological polar surface area (TPSA) is 97.5 Å². The molecule has 3 aromatic rings. The molecular weight excluding hydrogens is 523 g/mol. The Kier molecular flexibility index (Phi) is 5.42. The average molecular weight is 548 g/mol. The molecule has 5 rings (SSSR count). The van der Waals surface area contributed by atoms with Crippen molar-refractivity contribution >= 4 is 45.7 Å². The van der Waals surface area contributed by atoms with Crippen LogP contribution in [0.2, 0.25) is 0 Å². The van der Waals surface area contributed by atoms with Crippen LogP contribution in [0.5, 0.6) is 5.88 Å². The number of anilines is 1. The smallest absolute Gasteiger partial charge is 0.258 e. The summed E-state index contributed by atoms with van der Waals surface area (Å²) in [6, 6.07) is 3.79. The summed E-state index contributed by atoms with van der Waals surface area (Å²) in [6.45, 7) is 5.33. The molecule has 10 heteroatoms. The molecule has 9 nitrogen and oxygen atoms in total. The van der Waals surface area contributed by atoms with E-state index in [9.17, 15) is 4.79 Å². The molecule has 1 amide bonds. The maximum atomic E-state index is 13.6. The molecular formula is C22H25IN6O3. The third-order valence-corrected chi connectivity index (χ3v) is 8.18. The van der Waals surface area contributed by atoms with Crippen molar-refractivity contribution in [3.05, 3.63) is 35.5 Å². The quantitative estimate of drug-likeness (QED) is 0.348. The van der Waals surface area contributed by atoms with Gasteiger partial charge in [-0.25, -0.2) is 9.97 Å². The number of likely N-dealkylation sites (tertiary alicyclic amines) is 1. The first-order valence-electron chi connectivity index (χ1n) is 10.8. The number of nitrogens with zero attached hydrogens (tertiary/aromatic N) is 6. The summed E-state index contributed by atoms with van der Waals surface area (Å²) in [5, 5.41) is 9.08. The number of carbonyl (C=O) groups excluding carboxylic acids is 1. The Labute approximate surface area is 200 Å². The fourth-order valence-electron chi connectivity index (χ4n) is 4.26. The van der Waals surface area contributed by atoms with Crippen molar-refractivity contribution in [1.29, 1.82) is 0 Å². The van der Waals surface area contributed by atoms with Crippen LogP contribution in [0, 0.1) is 6.92 Å². The zero-order valence-corrected chi connectivity index (χ0v) is 20.5. The summed E-state index contributed by atoms with van der Waals surface area (Å²) >= 11 is 2.30. The summed E-state index contributed by atoms with van der Waals surface area (Å²) in [5.74, 6) is 2.09. The molecule has 0 bridgehead atoms. The van der Waals surface area contributed by atoms with Crippen molar-refractivity contribution in [3.63, 3.8) is 0 Å². The van der Waals surface area contributed by atoms with Crippen molar-refractivity contribution in [2.75, 3.05) is 23.3 Å². The standard InChI is InChI=1S/C22H25IN6O3/c1-13-17(18-19(24-12-25-20(18)32-13)29(23)22(2)8-9-22)21(30)28-10-6-14(7-11-28)15-4-5-16(31-3)27-26-15/h4-5,12,14H,6-11H2,1-3H3. The lowest BCUT2D eigenvalue weighted by atomic mass is 9.93. The molecule has 0 unspecified atom stereocenters. The number of furan rings is 1. The lowest BCUT2D eigenvalue weighted by Crippen LogP contribution is -2.38. The van der Waals surface area contributed by atoms with E-state index in [1.807, 2.05) is 24.0 Å².